The zero-order valence-electron chi connectivity index (χ0n) is 9.61. The van der Waals surface area contributed by atoms with Crippen LogP contribution < -0.4 is 8.37 Å². The lowest BCUT2D eigenvalue weighted by Gasteiger charge is -2.07. The molecule has 0 aliphatic heterocycles. The second-order valence-electron chi connectivity index (χ2n) is 3.47. The maximum Gasteiger partial charge on any atom is 0.417 e. The summed E-state index contributed by atoms with van der Waals surface area (Å²) in [5.74, 6) is -6.53. The van der Waals surface area contributed by atoms with Gasteiger partial charge in [0.15, 0.2) is 23.1 Å². The van der Waals surface area contributed by atoms with Crippen LogP contribution in [0.25, 0.3) is 0 Å². The molecule has 0 aliphatic carbocycles. The molecule has 106 valence electrons. The summed E-state index contributed by atoms with van der Waals surface area (Å²) in [4.78, 5) is 0. The van der Waals surface area contributed by atoms with Crippen molar-refractivity contribution in [3.63, 3.8) is 0 Å². The molecule has 8 heteroatoms. The molecule has 0 radical (unpaired) electrons. The van der Waals surface area contributed by atoms with Crippen LogP contribution in [0.15, 0.2) is 36.4 Å². The van der Waals surface area contributed by atoms with E-state index in [0.29, 0.717) is 0 Å². The van der Waals surface area contributed by atoms with E-state index in [0.717, 1.165) is 36.4 Å². The van der Waals surface area contributed by atoms with Crippen molar-refractivity contribution < 1.29 is 30.1 Å². The predicted octanol–water partition coefficient (Wildman–Crippen LogP) is 3.28. The Bertz CT molecular complexity index is 608. The van der Waals surface area contributed by atoms with Crippen LogP contribution >= 0.6 is 0 Å². The van der Waals surface area contributed by atoms with Gasteiger partial charge in [-0.15, -0.1) is 0 Å². The highest BCUT2D eigenvalue weighted by Crippen LogP contribution is 2.23. The molecule has 0 aromatic heterocycles. The van der Waals surface area contributed by atoms with Crippen molar-refractivity contribution in [3.8, 4) is 11.5 Å². The molecule has 0 bridgehead atoms. The number of rotatable bonds is 4. The van der Waals surface area contributed by atoms with Crippen molar-refractivity contribution in [1.82, 2.24) is 0 Å². The molecular formula is C12H6F4O3S. The van der Waals surface area contributed by atoms with Gasteiger partial charge in [0.2, 0.25) is 11.6 Å². The number of hydrogen-bond donors (Lipinski definition) is 0. The molecule has 0 atom stereocenters. The minimum Gasteiger partial charge on any atom is -0.368 e. The van der Waals surface area contributed by atoms with Crippen molar-refractivity contribution in [2.24, 2.45) is 0 Å². The largest absolute Gasteiger partial charge is 0.417 e. The van der Waals surface area contributed by atoms with Gasteiger partial charge in [0.1, 0.15) is 0 Å². The minimum absolute atomic E-state index is 0.680. The van der Waals surface area contributed by atoms with E-state index in [9.17, 15) is 21.8 Å². The van der Waals surface area contributed by atoms with E-state index in [4.69, 9.17) is 0 Å². The summed E-state index contributed by atoms with van der Waals surface area (Å²) in [6.07, 6.45) is 0. The molecule has 0 amide bonds. The van der Waals surface area contributed by atoms with Gasteiger partial charge in [0.25, 0.3) is 0 Å². The SMILES string of the molecule is O=S(Oc1cccc(F)c1F)Oc1cccc(F)c1F. The van der Waals surface area contributed by atoms with E-state index in [1.54, 1.807) is 0 Å². The van der Waals surface area contributed by atoms with E-state index in [-0.39, 0.29) is 0 Å². The van der Waals surface area contributed by atoms with Crippen LogP contribution in [-0.4, -0.2) is 4.21 Å². The molecule has 3 nitrogen and oxygen atoms in total. The normalized spacial score (nSPS) is 10.7. The lowest BCUT2D eigenvalue weighted by molar-refractivity contribution is 0.408. The van der Waals surface area contributed by atoms with E-state index >= 15 is 0 Å². The first kappa shape index (κ1) is 14.3. The van der Waals surface area contributed by atoms with Crippen LogP contribution in [-0.2, 0) is 11.4 Å². The van der Waals surface area contributed by atoms with Crippen LogP contribution in [0.2, 0.25) is 0 Å². The van der Waals surface area contributed by atoms with Gasteiger partial charge < -0.3 is 8.37 Å². The van der Waals surface area contributed by atoms with Gasteiger partial charge in [-0.05, 0) is 24.3 Å². The predicted molar refractivity (Wildman–Crippen MR) is 62.1 cm³/mol. The van der Waals surface area contributed by atoms with Crippen LogP contribution in [0.5, 0.6) is 11.5 Å². The highest BCUT2D eigenvalue weighted by Gasteiger charge is 2.16. The van der Waals surface area contributed by atoms with Crippen molar-refractivity contribution in [1.29, 1.82) is 0 Å². The molecule has 0 spiro atoms. The van der Waals surface area contributed by atoms with E-state index in [1.165, 1.54) is 0 Å². The molecule has 0 N–H and O–H groups in total. The summed E-state index contributed by atoms with van der Waals surface area (Å²) in [6, 6.07) is 5.90. The maximum absolute atomic E-state index is 13.2. The topological polar surface area (TPSA) is 35.5 Å². The lowest BCUT2D eigenvalue weighted by atomic mass is 10.3. The molecule has 0 saturated carbocycles. The molecule has 2 aromatic carbocycles. The average molecular weight is 306 g/mol. The zero-order valence-corrected chi connectivity index (χ0v) is 10.4. The van der Waals surface area contributed by atoms with Crippen molar-refractivity contribution in [2.75, 3.05) is 0 Å². The van der Waals surface area contributed by atoms with E-state index < -0.39 is 46.1 Å². The summed E-state index contributed by atoms with van der Waals surface area (Å²) in [5.41, 5.74) is 0. The van der Waals surface area contributed by atoms with Crippen LogP contribution in [0.4, 0.5) is 17.6 Å². The van der Waals surface area contributed by atoms with Gasteiger partial charge in [-0.25, -0.2) is 8.78 Å². The van der Waals surface area contributed by atoms with Gasteiger partial charge in [-0.2, -0.15) is 13.0 Å². The Labute approximate surface area is 113 Å². The average Bonchev–Trinajstić information content (AvgIpc) is 2.40. The monoisotopic (exact) mass is 306 g/mol. The fourth-order valence-electron chi connectivity index (χ4n) is 1.26. The highest BCUT2D eigenvalue weighted by atomic mass is 32.2. The fraction of sp³-hybridized carbons (Fsp3) is 0. The molecule has 2 aromatic rings. The van der Waals surface area contributed by atoms with Crippen molar-refractivity contribution >= 4 is 11.4 Å². The Hall–Kier alpha value is -2.09. The fourth-order valence-corrected chi connectivity index (χ4v) is 1.85. The molecule has 0 heterocycles. The smallest absolute Gasteiger partial charge is 0.368 e. The van der Waals surface area contributed by atoms with Crippen LogP contribution in [0, 0.1) is 23.3 Å². The summed E-state index contributed by atoms with van der Waals surface area (Å²) >= 11 is -2.67. The third-order valence-corrected chi connectivity index (χ3v) is 2.78. The molecular weight excluding hydrogens is 300 g/mol. The second kappa shape index (κ2) is 5.91. The van der Waals surface area contributed by atoms with Crippen molar-refractivity contribution in [2.45, 2.75) is 0 Å². The number of hydrogen-bond acceptors (Lipinski definition) is 3. The first-order chi connectivity index (χ1) is 9.49. The van der Waals surface area contributed by atoms with E-state index in [1.807, 2.05) is 0 Å². The maximum atomic E-state index is 13.2. The number of benzene rings is 2. The summed E-state index contributed by atoms with van der Waals surface area (Å²) in [6.45, 7) is 0. The molecule has 0 unspecified atom stereocenters. The van der Waals surface area contributed by atoms with Gasteiger partial charge in [-0.3, -0.25) is 0 Å². The van der Waals surface area contributed by atoms with Crippen molar-refractivity contribution in [3.05, 3.63) is 59.7 Å². The van der Waals surface area contributed by atoms with E-state index in [2.05, 4.69) is 8.37 Å². The van der Waals surface area contributed by atoms with Gasteiger partial charge >= 0.3 is 11.4 Å². The van der Waals surface area contributed by atoms with Gasteiger partial charge in [0, 0.05) is 0 Å². The summed E-state index contributed by atoms with van der Waals surface area (Å²) in [5, 5.41) is 0. The third-order valence-electron chi connectivity index (χ3n) is 2.15. The number of halogens is 4. The standard InChI is InChI=1S/C12H6F4O3S/c13-7-3-1-5-9(11(7)15)18-20(17)19-10-6-2-4-8(14)12(10)16/h1-6H. The molecule has 0 aliphatic rings. The Morgan fingerprint density at radius 3 is 1.55 bits per heavy atom. The Balaban J connectivity index is 2.13. The Morgan fingerprint density at radius 1 is 0.750 bits per heavy atom. The first-order valence-electron chi connectivity index (χ1n) is 5.15. The van der Waals surface area contributed by atoms with Crippen LogP contribution in [0.3, 0.4) is 0 Å². The molecule has 2 rings (SSSR count). The third kappa shape index (κ3) is 3.08. The second-order valence-corrected chi connectivity index (χ2v) is 4.22. The zero-order chi connectivity index (χ0) is 14.7. The van der Waals surface area contributed by atoms with Crippen LogP contribution in [0.1, 0.15) is 0 Å². The Kier molecular flexibility index (Phi) is 4.23. The highest BCUT2D eigenvalue weighted by molar-refractivity contribution is 7.75. The molecule has 20 heavy (non-hydrogen) atoms. The minimum atomic E-state index is -2.67. The molecule has 0 fully saturated rings. The van der Waals surface area contributed by atoms with Gasteiger partial charge in [-0.1, -0.05) is 12.1 Å². The summed E-state index contributed by atoms with van der Waals surface area (Å²) < 4.78 is 72.5. The first-order valence-corrected chi connectivity index (χ1v) is 6.15. The quantitative estimate of drug-likeness (QED) is 0.813. The van der Waals surface area contributed by atoms with Gasteiger partial charge in [0.05, 0.1) is 0 Å². The Morgan fingerprint density at radius 2 is 1.15 bits per heavy atom. The molecule has 0 saturated heterocycles. The summed E-state index contributed by atoms with van der Waals surface area (Å²) in [7, 11) is 0. The lowest BCUT2D eigenvalue weighted by Crippen LogP contribution is -2.10.